The van der Waals surface area contributed by atoms with Crippen molar-refractivity contribution in [2.24, 2.45) is 5.92 Å². The molecule has 4 rings (SSSR count). The molecule has 1 aliphatic heterocycles. The van der Waals surface area contributed by atoms with Crippen molar-refractivity contribution >= 4 is 49.9 Å². The van der Waals surface area contributed by atoms with Crippen LogP contribution in [0.3, 0.4) is 0 Å². The summed E-state index contributed by atoms with van der Waals surface area (Å²) in [6.07, 6.45) is 8.13. The lowest BCUT2D eigenvalue weighted by Gasteiger charge is -2.39. The fourth-order valence-electron chi connectivity index (χ4n) is 4.85. The highest BCUT2D eigenvalue weighted by molar-refractivity contribution is 7.89. The zero-order valence-electron chi connectivity index (χ0n) is 19.6. The summed E-state index contributed by atoms with van der Waals surface area (Å²) in [7, 11) is -3.62. The van der Waals surface area contributed by atoms with Gasteiger partial charge in [-0.1, -0.05) is 55.8 Å². The third-order valence-corrected chi connectivity index (χ3v) is 9.56. The lowest BCUT2D eigenvalue weighted by atomic mass is 9.84. The minimum absolute atomic E-state index is 0.0854. The Labute approximate surface area is 215 Å². The molecule has 1 atom stereocenters. The minimum Gasteiger partial charge on any atom is -0.328 e. The lowest BCUT2D eigenvalue weighted by Crippen LogP contribution is -2.58. The Morgan fingerprint density at radius 1 is 1.17 bits per heavy atom. The normalized spacial score (nSPS) is 19.0. The molecule has 2 aromatic rings. The molecule has 2 amide bonds. The zero-order chi connectivity index (χ0) is 24.8. The summed E-state index contributed by atoms with van der Waals surface area (Å²) >= 11 is 7.23. The number of piperazine rings is 1. The average Bonchev–Trinajstić information content (AvgIpc) is 3.36. The van der Waals surface area contributed by atoms with Crippen LogP contribution in [0.5, 0.6) is 0 Å². The molecule has 2 aliphatic rings. The number of halogens is 1. The molecule has 1 saturated heterocycles. The molecule has 2 fully saturated rings. The van der Waals surface area contributed by atoms with E-state index in [1.807, 2.05) is 0 Å². The third kappa shape index (κ3) is 7.03. The SMILES string of the molecule is O=C(Nc1nccs1)C(CC1CCCCC1)N1CCN(S(=O)(=O)CCc2ccc(Cl)cc2)CC1=O. The molecule has 1 saturated carbocycles. The summed E-state index contributed by atoms with van der Waals surface area (Å²) in [5.41, 5.74) is 0.870. The van der Waals surface area contributed by atoms with Crippen LogP contribution in [-0.2, 0) is 26.0 Å². The maximum absolute atomic E-state index is 13.2. The van der Waals surface area contributed by atoms with E-state index in [1.165, 1.54) is 22.1 Å². The van der Waals surface area contributed by atoms with Crippen molar-refractivity contribution in [3.63, 3.8) is 0 Å². The number of hydrogen-bond donors (Lipinski definition) is 1. The molecule has 1 unspecified atom stereocenters. The molecule has 2 heterocycles. The van der Waals surface area contributed by atoms with Crippen molar-refractivity contribution < 1.29 is 18.0 Å². The van der Waals surface area contributed by atoms with E-state index in [1.54, 1.807) is 40.7 Å². The van der Waals surface area contributed by atoms with E-state index in [2.05, 4.69) is 10.3 Å². The molecule has 1 aromatic carbocycles. The highest BCUT2D eigenvalue weighted by atomic mass is 35.5. The second-order valence-electron chi connectivity index (χ2n) is 9.20. The number of aryl methyl sites for hydroxylation is 1. The molecule has 8 nitrogen and oxygen atoms in total. The summed E-state index contributed by atoms with van der Waals surface area (Å²) in [4.78, 5) is 32.1. The van der Waals surface area contributed by atoms with Gasteiger partial charge in [-0.15, -0.1) is 11.3 Å². The van der Waals surface area contributed by atoms with Gasteiger partial charge in [0.25, 0.3) is 0 Å². The van der Waals surface area contributed by atoms with Crippen LogP contribution in [-0.4, -0.2) is 65.9 Å². The molecular formula is C24H31ClN4O4S2. The first-order chi connectivity index (χ1) is 16.8. The number of thiazole rings is 1. The molecule has 0 spiro atoms. The van der Waals surface area contributed by atoms with Crippen LogP contribution in [0.15, 0.2) is 35.8 Å². The van der Waals surface area contributed by atoms with Crippen molar-refractivity contribution in [2.75, 3.05) is 30.7 Å². The number of rotatable bonds is 9. The summed E-state index contributed by atoms with van der Waals surface area (Å²) in [6, 6.07) is 6.44. The van der Waals surface area contributed by atoms with E-state index in [9.17, 15) is 18.0 Å². The number of anilines is 1. The van der Waals surface area contributed by atoms with Crippen LogP contribution >= 0.6 is 22.9 Å². The minimum atomic E-state index is -3.62. The number of nitrogens with zero attached hydrogens (tertiary/aromatic N) is 3. The molecule has 1 N–H and O–H groups in total. The smallest absolute Gasteiger partial charge is 0.248 e. The first-order valence-corrected chi connectivity index (χ1v) is 14.9. The Kier molecular flexibility index (Phi) is 8.80. The van der Waals surface area contributed by atoms with Gasteiger partial charge in [0.1, 0.15) is 6.04 Å². The predicted octanol–water partition coefficient (Wildman–Crippen LogP) is 3.79. The molecule has 190 valence electrons. The highest BCUT2D eigenvalue weighted by Crippen LogP contribution is 2.30. The molecule has 35 heavy (non-hydrogen) atoms. The largest absolute Gasteiger partial charge is 0.328 e. The second-order valence-corrected chi connectivity index (χ2v) is 12.6. The summed E-state index contributed by atoms with van der Waals surface area (Å²) in [5, 5.41) is 5.73. The van der Waals surface area contributed by atoms with Gasteiger partial charge in [0.05, 0.1) is 12.3 Å². The topological polar surface area (TPSA) is 99.7 Å². The first kappa shape index (κ1) is 26.1. The summed E-state index contributed by atoms with van der Waals surface area (Å²) in [6.45, 7) is 0.136. The fraction of sp³-hybridized carbons (Fsp3) is 0.542. The van der Waals surface area contributed by atoms with E-state index < -0.39 is 16.1 Å². The van der Waals surface area contributed by atoms with Gasteiger partial charge in [0.15, 0.2) is 5.13 Å². The number of amides is 2. The van der Waals surface area contributed by atoms with E-state index >= 15 is 0 Å². The molecule has 11 heteroatoms. The van der Waals surface area contributed by atoms with E-state index in [4.69, 9.17) is 11.6 Å². The van der Waals surface area contributed by atoms with Crippen LogP contribution in [0.4, 0.5) is 5.13 Å². The number of sulfonamides is 1. The number of aromatic nitrogens is 1. The monoisotopic (exact) mass is 538 g/mol. The van der Waals surface area contributed by atoms with Crippen LogP contribution in [0, 0.1) is 5.92 Å². The van der Waals surface area contributed by atoms with E-state index in [-0.39, 0.29) is 37.2 Å². The van der Waals surface area contributed by atoms with Gasteiger partial charge in [0.2, 0.25) is 21.8 Å². The maximum Gasteiger partial charge on any atom is 0.248 e. The highest BCUT2D eigenvalue weighted by Gasteiger charge is 2.38. The number of hydrogen-bond acceptors (Lipinski definition) is 6. The standard InChI is InChI=1S/C24H31ClN4O4S2/c25-20-8-6-18(7-9-20)10-15-35(32,33)28-12-13-29(22(30)17-28)21(16-19-4-2-1-3-5-19)23(31)27-24-26-11-14-34-24/h6-9,11,14,19,21H,1-5,10,12-13,15-17H2,(H,26,27,31). The Morgan fingerprint density at radius 3 is 2.57 bits per heavy atom. The first-order valence-electron chi connectivity index (χ1n) is 12.0. The second kappa shape index (κ2) is 11.8. The average molecular weight is 539 g/mol. The molecule has 0 bridgehead atoms. The molecule has 0 radical (unpaired) electrons. The van der Waals surface area contributed by atoms with Crippen molar-refractivity contribution in [1.82, 2.24) is 14.2 Å². The van der Waals surface area contributed by atoms with Crippen molar-refractivity contribution in [3.05, 3.63) is 46.4 Å². The zero-order valence-corrected chi connectivity index (χ0v) is 22.0. The molecular weight excluding hydrogens is 508 g/mol. The van der Waals surface area contributed by atoms with Crippen LogP contribution in [0.2, 0.25) is 5.02 Å². The Balaban J connectivity index is 1.41. The van der Waals surface area contributed by atoms with Crippen LogP contribution in [0.1, 0.15) is 44.1 Å². The van der Waals surface area contributed by atoms with Crippen LogP contribution < -0.4 is 5.32 Å². The number of benzene rings is 1. The van der Waals surface area contributed by atoms with Gasteiger partial charge >= 0.3 is 0 Å². The summed E-state index contributed by atoms with van der Waals surface area (Å²) < 4.78 is 27.2. The Bertz CT molecular complexity index is 1100. The van der Waals surface area contributed by atoms with E-state index in [0.29, 0.717) is 28.9 Å². The Hall–Kier alpha value is -2.01. The van der Waals surface area contributed by atoms with Gasteiger partial charge in [-0.25, -0.2) is 13.4 Å². The van der Waals surface area contributed by atoms with Crippen molar-refractivity contribution in [2.45, 2.75) is 51.0 Å². The van der Waals surface area contributed by atoms with Gasteiger partial charge in [-0.2, -0.15) is 4.31 Å². The Morgan fingerprint density at radius 2 is 1.91 bits per heavy atom. The van der Waals surface area contributed by atoms with Gasteiger partial charge < -0.3 is 10.2 Å². The van der Waals surface area contributed by atoms with Gasteiger partial charge in [-0.3, -0.25) is 9.59 Å². The lowest BCUT2D eigenvalue weighted by molar-refractivity contribution is -0.142. The van der Waals surface area contributed by atoms with Gasteiger partial charge in [-0.05, 0) is 36.5 Å². The quantitative estimate of drug-likeness (QED) is 0.523. The van der Waals surface area contributed by atoms with E-state index in [0.717, 1.165) is 31.2 Å². The molecule has 1 aromatic heterocycles. The number of nitrogens with one attached hydrogen (secondary N) is 1. The summed E-state index contributed by atoms with van der Waals surface area (Å²) in [5.74, 6) is -0.290. The fourth-order valence-corrected chi connectivity index (χ4v) is 6.92. The predicted molar refractivity (Wildman–Crippen MR) is 138 cm³/mol. The molecule has 1 aliphatic carbocycles. The van der Waals surface area contributed by atoms with Crippen molar-refractivity contribution in [3.8, 4) is 0 Å². The third-order valence-electron chi connectivity index (χ3n) is 6.80. The number of carbonyl (C=O) groups is 2. The van der Waals surface area contributed by atoms with Crippen molar-refractivity contribution in [1.29, 1.82) is 0 Å². The van der Waals surface area contributed by atoms with Crippen LogP contribution in [0.25, 0.3) is 0 Å². The number of carbonyl (C=O) groups excluding carboxylic acids is 2. The van der Waals surface area contributed by atoms with Gasteiger partial charge in [0, 0.05) is 29.7 Å². The maximum atomic E-state index is 13.2.